The van der Waals surface area contributed by atoms with Crippen molar-refractivity contribution in [3.05, 3.63) is 29.6 Å². The second-order valence-corrected chi connectivity index (χ2v) is 8.62. The summed E-state index contributed by atoms with van der Waals surface area (Å²) in [6, 6.07) is 4.51. The van der Waals surface area contributed by atoms with Crippen LogP contribution in [-0.2, 0) is 9.84 Å². The highest BCUT2D eigenvalue weighted by Gasteiger charge is 2.34. The van der Waals surface area contributed by atoms with Gasteiger partial charge in [0.1, 0.15) is 11.2 Å². The van der Waals surface area contributed by atoms with Crippen molar-refractivity contribution in [2.45, 2.75) is 25.3 Å². The van der Waals surface area contributed by atoms with Crippen LogP contribution in [0, 0.1) is 5.82 Å². The first-order valence-corrected chi connectivity index (χ1v) is 9.78. The van der Waals surface area contributed by atoms with Gasteiger partial charge in [0.25, 0.3) is 0 Å². The number of halogens is 1. The quantitative estimate of drug-likeness (QED) is 0.915. The first kappa shape index (κ1) is 16.6. The van der Waals surface area contributed by atoms with Gasteiger partial charge < -0.3 is 10.0 Å². The summed E-state index contributed by atoms with van der Waals surface area (Å²) in [5.41, 5.74) is 0.646. The highest BCUT2D eigenvalue weighted by molar-refractivity contribution is 8.01. The number of aliphatic hydroxyl groups is 1. The summed E-state index contributed by atoms with van der Waals surface area (Å²) in [5, 5.41) is 9.17. The van der Waals surface area contributed by atoms with Crippen molar-refractivity contribution in [1.29, 1.82) is 0 Å². The van der Waals surface area contributed by atoms with Crippen molar-refractivity contribution in [3.63, 3.8) is 0 Å². The highest BCUT2D eigenvalue weighted by atomic mass is 32.2. The van der Waals surface area contributed by atoms with E-state index in [0.29, 0.717) is 18.0 Å². The monoisotopic (exact) mass is 333 g/mol. The smallest absolute Gasteiger partial charge is 0.171 e. The van der Waals surface area contributed by atoms with E-state index in [2.05, 4.69) is 0 Å². The van der Waals surface area contributed by atoms with Gasteiger partial charge in [0, 0.05) is 35.1 Å². The second kappa shape index (κ2) is 6.54. The van der Waals surface area contributed by atoms with Crippen LogP contribution in [0.3, 0.4) is 0 Å². The zero-order chi connectivity index (χ0) is 15.6. The number of hydrogen-bond acceptors (Lipinski definition) is 5. The van der Waals surface area contributed by atoms with Gasteiger partial charge in [0.2, 0.25) is 0 Å². The molecule has 1 unspecified atom stereocenters. The topological polar surface area (TPSA) is 57.6 Å². The molecule has 1 aliphatic heterocycles. The van der Waals surface area contributed by atoms with Crippen molar-refractivity contribution in [2.24, 2.45) is 0 Å². The Morgan fingerprint density at radius 3 is 2.86 bits per heavy atom. The second-order valence-electron chi connectivity index (χ2n) is 5.02. The summed E-state index contributed by atoms with van der Waals surface area (Å²) in [6.45, 7) is 3.63. The maximum absolute atomic E-state index is 14.0. The fourth-order valence-corrected chi connectivity index (χ4v) is 5.52. The fraction of sp³-hybridized carbons (Fsp3) is 0.571. The van der Waals surface area contributed by atoms with E-state index in [1.807, 2.05) is 0 Å². The lowest BCUT2D eigenvalue weighted by Crippen LogP contribution is -2.48. The standard InChI is InChI=1S/C14H20FNO3S2/c1-3-21(18,19)13-9-20-8-7-16(13)12-6-4-5-11(15)14(12)10(2)17/h4-6,10,13,17H,3,7-9H2,1-2H3/t10-,13?/m0/s1. The van der Waals surface area contributed by atoms with Gasteiger partial charge in [-0.05, 0) is 19.1 Å². The normalized spacial score (nSPS) is 21.3. The number of thioether (sulfide) groups is 1. The van der Waals surface area contributed by atoms with E-state index in [4.69, 9.17) is 0 Å². The van der Waals surface area contributed by atoms with Crippen molar-refractivity contribution < 1.29 is 17.9 Å². The molecule has 1 fully saturated rings. The molecular formula is C14H20FNO3S2. The molecule has 2 rings (SSSR count). The molecule has 1 saturated heterocycles. The number of benzene rings is 1. The van der Waals surface area contributed by atoms with Crippen LogP contribution < -0.4 is 4.90 Å². The van der Waals surface area contributed by atoms with E-state index >= 15 is 0 Å². The minimum absolute atomic E-state index is 0.0497. The van der Waals surface area contributed by atoms with Crippen LogP contribution in [-0.4, -0.2) is 42.7 Å². The molecule has 0 aromatic heterocycles. The fourth-order valence-electron chi connectivity index (χ4n) is 2.54. The summed E-state index contributed by atoms with van der Waals surface area (Å²) in [7, 11) is -3.27. The Labute approximate surface area is 129 Å². The number of sulfone groups is 1. The van der Waals surface area contributed by atoms with E-state index in [1.165, 1.54) is 13.0 Å². The van der Waals surface area contributed by atoms with Gasteiger partial charge in [0.05, 0.1) is 6.10 Å². The Morgan fingerprint density at radius 2 is 2.24 bits per heavy atom. The average Bonchev–Trinajstić information content (AvgIpc) is 2.46. The number of rotatable bonds is 4. The molecule has 1 N–H and O–H groups in total. The van der Waals surface area contributed by atoms with Crippen LogP contribution in [0.4, 0.5) is 10.1 Å². The molecule has 0 bridgehead atoms. The maximum atomic E-state index is 14.0. The zero-order valence-electron chi connectivity index (χ0n) is 12.1. The molecule has 0 aliphatic carbocycles. The molecule has 0 radical (unpaired) electrons. The van der Waals surface area contributed by atoms with Crippen molar-refractivity contribution in [1.82, 2.24) is 0 Å². The number of hydrogen-bond donors (Lipinski definition) is 1. The van der Waals surface area contributed by atoms with Gasteiger partial charge in [-0.15, -0.1) is 0 Å². The molecule has 0 amide bonds. The Hall–Kier alpha value is -0.790. The van der Waals surface area contributed by atoms with Gasteiger partial charge in [-0.25, -0.2) is 12.8 Å². The molecular weight excluding hydrogens is 313 g/mol. The summed E-state index contributed by atoms with van der Waals surface area (Å²) in [4.78, 5) is 1.72. The third-order valence-electron chi connectivity index (χ3n) is 3.66. The number of nitrogens with zero attached hydrogens (tertiary/aromatic N) is 1. The van der Waals surface area contributed by atoms with Crippen LogP contribution in [0.15, 0.2) is 18.2 Å². The van der Waals surface area contributed by atoms with Gasteiger partial charge in [-0.2, -0.15) is 11.8 Å². The molecule has 1 heterocycles. The molecule has 2 atom stereocenters. The molecule has 21 heavy (non-hydrogen) atoms. The first-order valence-electron chi connectivity index (χ1n) is 6.91. The summed E-state index contributed by atoms with van der Waals surface area (Å²) in [6.07, 6.45) is -0.985. The van der Waals surface area contributed by atoms with E-state index in [-0.39, 0.29) is 11.3 Å². The van der Waals surface area contributed by atoms with Crippen LogP contribution in [0.5, 0.6) is 0 Å². The van der Waals surface area contributed by atoms with Crippen LogP contribution >= 0.6 is 11.8 Å². The molecule has 0 spiro atoms. The van der Waals surface area contributed by atoms with Crippen LogP contribution in [0.1, 0.15) is 25.5 Å². The van der Waals surface area contributed by atoms with Crippen molar-refractivity contribution >= 4 is 27.3 Å². The molecule has 7 heteroatoms. The molecule has 118 valence electrons. The van der Waals surface area contributed by atoms with E-state index < -0.39 is 27.1 Å². The average molecular weight is 333 g/mol. The van der Waals surface area contributed by atoms with Gasteiger partial charge in [-0.3, -0.25) is 0 Å². The molecule has 4 nitrogen and oxygen atoms in total. The molecule has 1 aliphatic rings. The van der Waals surface area contributed by atoms with E-state index in [1.54, 1.807) is 35.7 Å². The number of anilines is 1. The van der Waals surface area contributed by atoms with Crippen molar-refractivity contribution in [3.8, 4) is 0 Å². The van der Waals surface area contributed by atoms with Crippen LogP contribution in [0.25, 0.3) is 0 Å². The molecule has 1 aromatic carbocycles. The van der Waals surface area contributed by atoms with Gasteiger partial charge in [-0.1, -0.05) is 13.0 Å². The summed E-state index contributed by atoms with van der Waals surface area (Å²) < 4.78 is 38.6. The Morgan fingerprint density at radius 1 is 1.52 bits per heavy atom. The predicted molar refractivity (Wildman–Crippen MR) is 85.0 cm³/mol. The first-order chi connectivity index (χ1) is 9.88. The Balaban J connectivity index is 2.50. The lowest BCUT2D eigenvalue weighted by atomic mass is 10.1. The lowest BCUT2D eigenvalue weighted by molar-refractivity contribution is 0.194. The number of aliphatic hydroxyl groups excluding tert-OH is 1. The Kier molecular flexibility index (Phi) is 5.16. The SMILES string of the molecule is CCS(=O)(=O)C1CSCCN1c1cccc(F)c1[C@H](C)O. The predicted octanol–water partition coefficient (Wildman–Crippen LogP) is 2.19. The molecule has 1 aromatic rings. The van der Waals surface area contributed by atoms with Gasteiger partial charge in [0.15, 0.2) is 9.84 Å². The lowest BCUT2D eigenvalue weighted by Gasteiger charge is -2.38. The largest absolute Gasteiger partial charge is 0.389 e. The van der Waals surface area contributed by atoms with Gasteiger partial charge >= 0.3 is 0 Å². The third kappa shape index (κ3) is 3.35. The minimum Gasteiger partial charge on any atom is -0.389 e. The minimum atomic E-state index is -3.27. The van der Waals surface area contributed by atoms with E-state index in [9.17, 15) is 17.9 Å². The van der Waals surface area contributed by atoms with Crippen LogP contribution in [0.2, 0.25) is 0 Å². The highest BCUT2D eigenvalue weighted by Crippen LogP contribution is 2.34. The van der Waals surface area contributed by atoms with Crippen molar-refractivity contribution in [2.75, 3.05) is 28.7 Å². The summed E-state index contributed by atoms with van der Waals surface area (Å²) in [5.74, 6) is 0.791. The molecule has 0 saturated carbocycles. The maximum Gasteiger partial charge on any atom is 0.171 e. The van der Waals surface area contributed by atoms with E-state index in [0.717, 1.165) is 5.75 Å². The summed E-state index contributed by atoms with van der Waals surface area (Å²) >= 11 is 1.59. The third-order valence-corrected chi connectivity index (χ3v) is 6.95. The zero-order valence-corrected chi connectivity index (χ0v) is 13.8. The Bertz CT molecular complexity index is 604.